The van der Waals surface area contributed by atoms with E-state index in [0.717, 1.165) is 7.11 Å². The predicted octanol–water partition coefficient (Wildman–Crippen LogP) is -0.583. The Morgan fingerprint density at radius 1 is 1.30 bits per heavy atom. The predicted molar refractivity (Wildman–Crippen MR) is 25.4 cm³/mol. The monoisotopic (exact) mass is 164 g/mol. The number of carboxylic acid groups (broad SMARTS) is 1. The largest absolute Gasteiger partial charge is 0.490 e. The molecule has 0 aliphatic heterocycles. The highest BCUT2D eigenvalue weighted by Gasteiger charge is 2.38. The van der Waals surface area contributed by atoms with Crippen LogP contribution in [0.25, 0.3) is 0 Å². The number of carbonyl (C=O) groups is 1. The maximum absolute atomic E-state index is 10.6. The molecule has 0 saturated heterocycles. The molecule has 0 saturated carbocycles. The zero-order valence-electron chi connectivity index (χ0n) is 4.94. The highest BCUT2D eigenvalue weighted by atomic mass is 19.4. The Morgan fingerprint density at radius 3 is 1.40 bits per heavy atom. The summed E-state index contributed by atoms with van der Waals surface area (Å²) in [6.07, 6.45) is -5.08. The summed E-state index contributed by atoms with van der Waals surface area (Å²) in [4.78, 5) is 8.90. The molecule has 0 radical (unpaired) electrons. The summed E-state index contributed by atoms with van der Waals surface area (Å²) in [6.45, 7) is 0. The molecule has 0 atom stereocenters. The molecule has 7 heteroatoms. The minimum Gasteiger partial charge on any atom is -0.475 e. The Balaban J connectivity index is -0.000000149. The zero-order valence-corrected chi connectivity index (χ0v) is 4.94. The average molecular weight is 164 g/mol. The fourth-order valence-electron chi connectivity index (χ4n) is 0. The molecule has 0 unspecified atom stereocenters. The lowest BCUT2D eigenvalue weighted by Crippen LogP contribution is -2.21. The van der Waals surface area contributed by atoms with Crippen LogP contribution >= 0.6 is 0 Å². The van der Waals surface area contributed by atoms with Crippen LogP contribution in [0.15, 0.2) is 0 Å². The van der Waals surface area contributed by atoms with E-state index in [0.29, 0.717) is 0 Å². The maximum Gasteiger partial charge on any atom is 0.490 e. The Kier molecular flexibility index (Phi) is 10.1. The molecule has 0 bridgehead atoms. The first-order valence-electron chi connectivity index (χ1n) is 1.69. The Bertz CT molecular complexity index is 88.2. The Hall–Kier alpha value is -0.820. The van der Waals surface area contributed by atoms with Crippen LogP contribution in [-0.4, -0.2) is 34.9 Å². The zero-order chi connectivity index (χ0) is 8.08. The number of aliphatic carboxylic acids is 1. The van der Waals surface area contributed by atoms with E-state index in [4.69, 9.17) is 15.0 Å². The van der Waals surface area contributed by atoms with Crippen molar-refractivity contribution < 1.29 is 33.7 Å². The van der Waals surface area contributed by atoms with Gasteiger partial charge in [-0.1, -0.05) is 0 Å². The molecule has 0 aliphatic carbocycles. The third-order valence-electron chi connectivity index (χ3n) is 0.243. The van der Waals surface area contributed by atoms with Crippen molar-refractivity contribution in [1.82, 2.24) is 0 Å². The van der Waals surface area contributed by atoms with Gasteiger partial charge in [0.2, 0.25) is 0 Å². The standard InChI is InChI=1S/C2HF3O2.CH4O.H2O/c3-2(4,5)1(6)7;1-2;/h(H,6,7);2H,1H3;1H2. The highest BCUT2D eigenvalue weighted by Crippen LogP contribution is 2.13. The van der Waals surface area contributed by atoms with Crippen LogP contribution in [-0.2, 0) is 4.79 Å². The summed E-state index contributed by atoms with van der Waals surface area (Å²) in [5, 5.41) is 14.1. The first kappa shape index (κ1) is 16.1. The van der Waals surface area contributed by atoms with E-state index < -0.39 is 12.1 Å². The van der Waals surface area contributed by atoms with Gasteiger partial charge < -0.3 is 15.7 Å². The molecular weight excluding hydrogens is 157 g/mol. The molecule has 0 aromatic carbocycles. The number of halogens is 3. The van der Waals surface area contributed by atoms with Crippen LogP contribution in [0.5, 0.6) is 0 Å². The number of aliphatic hydroxyl groups excluding tert-OH is 1. The normalized spacial score (nSPS) is 8.50. The van der Waals surface area contributed by atoms with Gasteiger partial charge in [0.1, 0.15) is 0 Å². The molecule has 10 heavy (non-hydrogen) atoms. The summed E-state index contributed by atoms with van der Waals surface area (Å²) >= 11 is 0. The van der Waals surface area contributed by atoms with Gasteiger partial charge in [-0.25, -0.2) is 4.79 Å². The molecule has 0 amide bonds. The van der Waals surface area contributed by atoms with Crippen LogP contribution < -0.4 is 0 Å². The second kappa shape index (κ2) is 6.30. The van der Waals surface area contributed by atoms with Gasteiger partial charge in [-0.3, -0.25) is 0 Å². The van der Waals surface area contributed by atoms with Crippen molar-refractivity contribution >= 4 is 5.97 Å². The average Bonchev–Trinajstić information content (AvgIpc) is 1.69. The summed E-state index contributed by atoms with van der Waals surface area (Å²) in [7, 11) is 1.00. The van der Waals surface area contributed by atoms with Gasteiger partial charge in [0.15, 0.2) is 0 Å². The first-order chi connectivity index (χ1) is 3.94. The molecule has 0 aromatic rings. The third kappa shape index (κ3) is 10.2. The van der Waals surface area contributed by atoms with Crippen molar-refractivity contribution in [1.29, 1.82) is 0 Å². The van der Waals surface area contributed by atoms with Crippen molar-refractivity contribution in [3.63, 3.8) is 0 Å². The fourth-order valence-corrected chi connectivity index (χ4v) is 0. The lowest BCUT2D eigenvalue weighted by Gasteiger charge is -1.93. The molecule has 0 spiro atoms. The van der Waals surface area contributed by atoms with Crippen molar-refractivity contribution in [3.8, 4) is 0 Å². The summed E-state index contributed by atoms with van der Waals surface area (Å²) in [5.41, 5.74) is 0. The van der Waals surface area contributed by atoms with Crippen molar-refractivity contribution in [2.75, 3.05) is 7.11 Å². The van der Waals surface area contributed by atoms with Crippen LogP contribution in [0.3, 0.4) is 0 Å². The fraction of sp³-hybridized carbons (Fsp3) is 0.667. The summed E-state index contributed by atoms with van der Waals surface area (Å²) in [5.74, 6) is -2.76. The van der Waals surface area contributed by atoms with E-state index in [1.165, 1.54) is 0 Å². The molecule has 0 aliphatic rings. The molecule has 0 fully saturated rings. The summed E-state index contributed by atoms with van der Waals surface area (Å²) < 4.78 is 31.7. The molecule has 4 N–H and O–H groups in total. The minimum atomic E-state index is -5.08. The SMILES string of the molecule is CO.O.O=C(O)C(F)(F)F. The number of hydrogen-bond donors (Lipinski definition) is 2. The molecule has 64 valence electrons. The van der Waals surface area contributed by atoms with E-state index in [-0.39, 0.29) is 5.48 Å². The van der Waals surface area contributed by atoms with Crippen molar-refractivity contribution in [2.45, 2.75) is 6.18 Å². The Labute approximate surface area is 54.2 Å². The van der Waals surface area contributed by atoms with Gasteiger partial charge in [0.25, 0.3) is 0 Å². The van der Waals surface area contributed by atoms with E-state index in [2.05, 4.69) is 0 Å². The van der Waals surface area contributed by atoms with Gasteiger partial charge in [-0.15, -0.1) is 0 Å². The van der Waals surface area contributed by atoms with Gasteiger partial charge in [-0.05, 0) is 0 Å². The van der Waals surface area contributed by atoms with E-state index in [1.54, 1.807) is 0 Å². The molecule has 0 heterocycles. The van der Waals surface area contributed by atoms with Crippen LogP contribution in [0, 0.1) is 0 Å². The number of aliphatic hydroxyl groups is 1. The third-order valence-corrected chi connectivity index (χ3v) is 0.243. The smallest absolute Gasteiger partial charge is 0.475 e. The molecular formula is C3H7F3O4. The van der Waals surface area contributed by atoms with Crippen LogP contribution in [0.1, 0.15) is 0 Å². The second-order valence-corrected chi connectivity index (χ2v) is 0.803. The number of hydrogen-bond acceptors (Lipinski definition) is 2. The lowest BCUT2D eigenvalue weighted by molar-refractivity contribution is -0.192. The van der Waals surface area contributed by atoms with Crippen molar-refractivity contribution in [2.24, 2.45) is 0 Å². The van der Waals surface area contributed by atoms with Gasteiger partial charge in [0.05, 0.1) is 0 Å². The van der Waals surface area contributed by atoms with Crippen LogP contribution in [0.2, 0.25) is 0 Å². The second-order valence-electron chi connectivity index (χ2n) is 0.803. The molecule has 0 aromatic heterocycles. The van der Waals surface area contributed by atoms with E-state index in [9.17, 15) is 13.2 Å². The van der Waals surface area contributed by atoms with Gasteiger partial charge >= 0.3 is 12.1 Å². The maximum atomic E-state index is 10.6. The lowest BCUT2D eigenvalue weighted by atomic mass is 10.7. The quantitative estimate of drug-likeness (QED) is 0.501. The van der Waals surface area contributed by atoms with E-state index >= 15 is 0 Å². The minimum absolute atomic E-state index is 0. The Morgan fingerprint density at radius 2 is 1.40 bits per heavy atom. The molecule has 4 nitrogen and oxygen atoms in total. The summed E-state index contributed by atoms with van der Waals surface area (Å²) in [6, 6.07) is 0. The highest BCUT2D eigenvalue weighted by molar-refractivity contribution is 5.73. The topological polar surface area (TPSA) is 89.0 Å². The van der Waals surface area contributed by atoms with Crippen LogP contribution in [0.4, 0.5) is 13.2 Å². The number of carboxylic acids is 1. The number of rotatable bonds is 0. The van der Waals surface area contributed by atoms with Gasteiger partial charge in [-0.2, -0.15) is 13.2 Å². The van der Waals surface area contributed by atoms with E-state index in [1.807, 2.05) is 0 Å². The number of alkyl halides is 3. The van der Waals surface area contributed by atoms with Crippen molar-refractivity contribution in [3.05, 3.63) is 0 Å². The first-order valence-corrected chi connectivity index (χ1v) is 1.69. The van der Waals surface area contributed by atoms with Gasteiger partial charge in [0, 0.05) is 7.11 Å². The molecule has 0 rings (SSSR count).